The van der Waals surface area contributed by atoms with Crippen molar-refractivity contribution in [3.05, 3.63) is 35.9 Å². The number of aliphatic carboxylic acids is 1. The highest BCUT2D eigenvalue weighted by Crippen LogP contribution is 2.04. The summed E-state index contributed by atoms with van der Waals surface area (Å²) in [6.45, 7) is 1.46. The number of hydrogen-bond acceptors (Lipinski definition) is 3. The summed E-state index contributed by atoms with van der Waals surface area (Å²) in [6.07, 6.45) is -0.0881. The highest BCUT2D eigenvalue weighted by Gasteiger charge is 2.13. The highest BCUT2D eigenvalue weighted by atomic mass is 16.5. The molecule has 0 aliphatic rings. The zero-order valence-electron chi connectivity index (χ0n) is 11.5. The van der Waals surface area contributed by atoms with Gasteiger partial charge in [0.05, 0.1) is 13.0 Å². The smallest absolute Gasteiger partial charge is 0.317 e. The predicted molar refractivity (Wildman–Crippen MR) is 74.4 cm³/mol. The van der Waals surface area contributed by atoms with Crippen LogP contribution in [-0.2, 0) is 16.1 Å². The lowest BCUT2D eigenvalue weighted by Gasteiger charge is -2.22. The summed E-state index contributed by atoms with van der Waals surface area (Å²) in [5.41, 5.74) is 1.01. The van der Waals surface area contributed by atoms with E-state index in [1.807, 2.05) is 30.3 Å². The second-order valence-electron chi connectivity index (χ2n) is 4.28. The number of hydrogen-bond donors (Lipinski definition) is 2. The van der Waals surface area contributed by atoms with Gasteiger partial charge in [-0.3, -0.25) is 4.79 Å². The van der Waals surface area contributed by atoms with Gasteiger partial charge in [0.1, 0.15) is 0 Å². The number of methoxy groups -OCH3 is 1. The Morgan fingerprint density at radius 2 is 2.00 bits per heavy atom. The van der Waals surface area contributed by atoms with Crippen molar-refractivity contribution in [2.24, 2.45) is 0 Å². The quantitative estimate of drug-likeness (QED) is 0.752. The van der Waals surface area contributed by atoms with Crippen LogP contribution in [0.4, 0.5) is 4.79 Å². The largest absolute Gasteiger partial charge is 0.481 e. The molecule has 0 atom stereocenters. The fraction of sp³-hybridized carbons (Fsp3) is 0.429. The Morgan fingerprint density at radius 3 is 2.60 bits per heavy atom. The second-order valence-corrected chi connectivity index (χ2v) is 4.28. The van der Waals surface area contributed by atoms with Gasteiger partial charge in [-0.05, 0) is 5.56 Å². The monoisotopic (exact) mass is 280 g/mol. The van der Waals surface area contributed by atoms with Crippen LogP contribution in [0.1, 0.15) is 12.0 Å². The van der Waals surface area contributed by atoms with E-state index in [2.05, 4.69) is 5.32 Å². The van der Waals surface area contributed by atoms with Crippen LogP contribution in [0.5, 0.6) is 0 Å². The SMILES string of the molecule is COCCN(Cc1ccccc1)C(=O)NCCC(=O)O. The summed E-state index contributed by atoms with van der Waals surface area (Å²) in [7, 11) is 1.57. The molecule has 0 bridgehead atoms. The Labute approximate surface area is 118 Å². The first-order valence-corrected chi connectivity index (χ1v) is 6.41. The Hall–Kier alpha value is -2.08. The number of urea groups is 1. The van der Waals surface area contributed by atoms with E-state index in [9.17, 15) is 9.59 Å². The second kappa shape index (κ2) is 8.92. The van der Waals surface area contributed by atoms with Gasteiger partial charge in [0.25, 0.3) is 0 Å². The number of carboxylic acids is 1. The Balaban J connectivity index is 2.54. The van der Waals surface area contributed by atoms with Gasteiger partial charge >= 0.3 is 12.0 Å². The lowest BCUT2D eigenvalue weighted by Crippen LogP contribution is -2.41. The molecule has 0 fully saturated rings. The van der Waals surface area contributed by atoms with E-state index in [0.29, 0.717) is 19.7 Å². The van der Waals surface area contributed by atoms with Gasteiger partial charge in [-0.2, -0.15) is 0 Å². The summed E-state index contributed by atoms with van der Waals surface area (Å²) < 4.78 is 4.99. The molecular weight excluding hydrogens is 260 g/mol. The zero-order chi connectivity index (χ0) is 14.8. The molecule has 6 heteroatoms. The van der Waals surface area contributed by atoms with Crippen LogP contribution >= 0.6 is 0 Å². The molecule has 1 rings (SSSR count). The highest BCUT2D eigenvalue weighted by molar-refractivity contribution is 5.75. The topological polar surface area (TPSA) is 78.9 Å². The van der Waals surface area contributed by atoms with Gasteiger partial charge in [0.2, 0.25) is 0 Å². The van der Waals surface area contributed by atoms with Crippen LogP contribution in [0.2, 0.25) is 0 Å². The molecular formula is C14H20N2O4. The van der Waals surface area contributed by atoms with Crippen molar-refractivity contribution in [2.45, 2.75) is 13.0 Å². The van der Waals surface area contributed by atoms with Crippen LogP contribution in [-0.4, -0.2) is 48.8 Å². The number of amides is 2. The number of benzene rings is 1. The van der Waals surface area contributed by atoms with Gasteiger partial charge in [-0.25, -0.2) is 4.79 Å². The molecule has 1 aromatic rings. The van der Waals surface area contributed by atoms with Gasteiger partial charge in [0, 0.05) is 26.7 Å². The zero-order valence-corrected chi connectivity index (χ0v) is 11.5. The van der Waals surface area contributed by atoms with E-state index in [4.69, 9.17) is 9.84 Å². The molecule has 0 heterocycles. The minimum atomic E-state index is -0.934. The normalized spacial score (nSPS) is 10.1. The summed E-state index contributed by atoms with van der Waals surface area (Å²) in [5.74, 6) is -0.934. The van der Waals surface area contributed by atoms with Crippen molar-refractivity contribution >= 4 is 12.0 Å². The van der Waals surface area contributed by atoms with Crippen LogP contribution in [0.15, 0.2) is 30.3 Å². The van der Waals surface area contributed by atoms with E-state index in [-0.39, 0.29) is 19.0 Å². The van der Waals surface area contributed by atoms with Crippen LogP contribution in [0.3, 0.4) is 0 Å². The van der Waals surface area contributed by atoms with Crippen molar-refractivity contribution in [1.82, 2.24) is 10.2 Å². The van der Waals surface area contributed by atoms with E-state index in [0.717, 1.165) is 5.56 Å². The summed E-state index contributed by atoms with van der Waals surface area (Å²) in [4.78, 5) is 24.0. The molecule has 0 spiro atoms. The molecule has 2 amide bonds. The van der Waals surface area contributed by atoms with Crippen molar-refractivity contribution < 1.29 is 19.4 Å². The Bertz CT molecular complexity index is 422. The molecule has 6 nitrogen and oxygen atoms in total. The van der Waals surface area contributed by atoms with Gasteiger partial charge < -0.3 is 20.1 Å². The first kappa shape index (κ1) is 16.0. The number of nitrogens with one attached hydrogen (secondary N) is 1. The molecule has 0 radical (unpaired) electrons. The molecule has 0 saturated carbocycles. The third kappa shape index (κ3) is 6.19. The first-order chi connectivity index (χ1) is 9.63. The number of carboxylic acid groups (broad SMARTS) is 1. The van der Waals surface area contributed by atoms with E-state index >= 15 is 0 Å². The van der Waals surface area contributed by atoms with Crippen LogP contribution in [0, 0.1) is 0 Å². The molecule has 0 unspecified atom stereocenters. The van der Waals surface area contributed by atoms with Gasteiger partial charge in [-0.1, -0.05) is 30.3 Å². The number of nitrogens with zero attached hydrogens (tertiary/aromatic N) is 1. The van der Waals surface area contributed by atoms with Gasteiger partial charge in [0.15, 0.2) is 0 Å². The molecule has 1 aromatic carbocycles. The van der Waals surface area contributed by atoms with Crippen molar-refractivity contribution in [3.63, 3.8) is 0 Å². The van der Waals surface area contributed by atoms with E-state index in [1.54, 1.807) is 12.0 Å². The van der Waals surface area contributed by atoms with E-state index < -0.39 is 5.97 Å². The molecule has 0 aliphatic heterocycles. The maximum absolute atomic E-state index is 12.0. The molecule has 20 heavy (non-hydrogen) atoms. The van der Waals surface area contributed by atoms with E-state index in [1.165, 1.54) is 0 Å². The number of carbonyl (C=O) groups is 2. The lowest BCUT2D eigenvalue weighted by molar-refractivity contribution is -0.136. The summed E-state index contributed by atoms with van der Waals surface area (Å²) in [5, 5.41) is 11.2. The van der Waals surface area contributed by atoms with Crippen molar-refractivity contribution in [2.75, 3.05) is 26.8 Å². The predicted octanol–water partition coefficient (Wildman–Crippen LogP) is 1.32. The first-order valence-electron chi connectivity index (χ1n) is 6.41. The minimum Gasteiger partial charge on any atom is -0.481 e. The fourth-order valence-electron chi connectivity index (χ4n) is 1.65. The number of carbonyl (C=O) groups excluding carboxylic acids is 1. The van der Waals surface area contributed by atoms with Crippen LogP contribution < -0.4 is 5.32 Å². The summed E-state index contributed by atoms with van der Waals surface area (Å²) in [6, 6.07) is 9.32. The Kier molecular flexibility index (Phi) is 7.13. The Morgan fingerprint density at radius 1 is 1.30 bits per heavy atom. The standard InChI is InChI=1S/C14H20N2O4/c1-20-10-9-16(11-12-5-3-2-4-6-12)14(19)15-8-7-13(17)18/h2-6H,7-11H2,1H3,(H,15,19)(H,17,18). The number of rotatable bonds is 8. The average Bonchev–Trinajstić information content (AvgIpc) is 2.44. The molecule has 0 aliphatic carbocycles. The maximum Gasteiger partial charge on any atom is 0.317 e. The van der Waals surface area contributed by atoms with Crippen LogP contribution in [0.25, 0.3) is 0 Å². The average molecular weight is 280 g/mol. The lowest BCUT2D eigenvalue weighted by atomic mass is 10.2. The van der Waals surface area contributed by atoms with Crippen molar-refractivity contribution in [1.29, 1.82) is 0 Å². The summed E-state index contributed by atoms with van der Waals surface area (Å²) >= 11 is 0. The van der Waals surface area contributed by atoms with Gasteiger partial charge in [-0.15, -0.1) is 0 Å². The number of ether oxygens (including phenoxy) is 1. The molecule has 110 valence electrons. The molecule has 2 N–H and O–H groups in total. The third-order valence-corrected chi connectivity index (χ3v) is 2.68. The molecule has 0 saturated heterocycles. The third-order valence-electron chi connectivity index (χ3n) is 2.68. The molecule has 0 aromatic heterocycles. The maximum atomic E-state index is 12.0. The minimum absolute atomic E-state index is 0.0881. The fourth-order valence-corrected chi connectivity index (χ4v) is 1.65. The van der Waals surface area contributed by atoms with Crippen molar-refractivity contribution in [3.8, 4) is 0 Å².